The lowest BCUT2D eigenvalue weighted by molar-refractivity contribution is -0.0881. The van der Waals surface area contributed by atoms with Crippen LogP contribution < -0.4 is 16.0 Å². The molecule has 0 spiro atoms. The number of ether oxygens (including phenoxy) is 1. The molecule has 4 nitrogen and oxygen atoms in total. The molecule has 10 aliphatic rings. The molecular formula is C47H79N3O. The van der Waals surface area contributed by atoms with Crippen molar-refractivity contribution in [1.29, 1.82) is 0 Å². The second kappa shape index (κ2) is 15.8. The SMILES string of the molecule is C1CCC(C2NC(C3CCCCC3)NC(C3CC4C5CC(C6CCC(C7CCCC8CCCCC87)CC6)CCC5OC4C4CCCCC34)N2)CC1. The average Bonchev–Trinajstić information content (AvgIpc) is 3.59. The molecular weight excluding hydrogens is 623 g/mol. The Labute approximate surface area is 313 Å². The van der Waals surface area contributed by atoms with Crippen LogP contribution in [0.2, 0.25) is 0 Å². The Balaban J connectivity index is 0.832. The Morgan fingerprint density at radius 3 is 1.47 bits per heavy atom. The van der Waals surface area contributed by atoms with Gasteiger partial charge in [0.25, 0.3) is 0 Å². The maximum atomic E-state index is 7.34. The number of hydrogen-bond acceptors (Lipinski definition) is 4. The average molecular weight is 702 g/mol. The molecule has 10 rings (SSSR count). The van der Waals surface area contributed by atoms with Gasteiger partial charge < -0.3 is 4.74 Å². The summed E-state index contributed by atoms with van der Waals surface area (Å²) in [5.74, 6) is 12.2. The first-order chi connectivity index (χ1) is 25.3. The standard InChI is InChI=1S/C47H79N3O/c1-3-13-33(14-4-1)45-48-46(34-15-5-2-6-16-34)50-47(49-45)42-29-41-40-28-35(26-27-43(40)51-44(41)39-20-10-9-19-38(39)42)30-22-24-32(25-23-30)37-21-11-17-31-12-7-8-18-36(31)37/h30-50H,1-29H2. The van der Waals surface area contributed by atoms with E-state index in [2.05, 4.69) is 16.0 Å². The summed E-state index contributed by atoms with van der Waals surface area (Å²) in [4.78, 5) is 0. The van der Waals surface area contributed by atoms with Crippen molar-refractivity contribution in [2.45, 2.75) is 217 Å². The van der Waals surface area contributed by atoms with E-state index in [0.717, 1.165) is 76.9 Å². The fourth-order valence-electron chi connectivity index (χ4n) is 16.6. The van der Waals surface area contributed by atoms with Gasteiger partial charge in [-0.1, -0.05) is 83.5 Å². The summed E-state index contributed by atoms with van der Waals surface area (Å²) >= 11 is 0. The van der Waals surface area contributed by atoms with Gasteiger partial charge in [0.1, 0.15) is 0 Å². The third-order valence-corrected chi connectivity index (χ3v) is 19.0. The molecule has 0 aromatic carbocycles. The summed E-state index contributed by atoms with van der Waals surface area (Å²) in [5.41, 5.74) is 0. The van der Waals surface area contributed by atoms with Crippen LogP contribution in [-0.2, 0) is 4.74 Å². The van der Waals surface area contributed by atoms with Gasteiger partial charge in [-0.2, -0.15) is 0 Å². The third kappa shape index (κ3) is 7.09. The molecule has 51 heavy (non-hydrogen) atoms. The summed E-state index contributed by atoms with van der Waals surface area (Å²) in [6, 6.07) is 0. The Hall–Kier alpha value is -0.160. The molecule has 13 unspecified atom stereocenters. The van der Waals surface area contributed by atoms with Crippen molar-refractivity contribution < 1.29 is 4.74 Å². The molecule has 8 aliphatic carbocycles. The number of rotatable bonds is 5. The van der Waals surface area contributed by atoms with Gasteiger partial charge in [0.05, 0.1) is 30.7 Å². The second-order valence-electron chi connectivity index (χ2n) is 21.3. The lowest BCUT2D eigenvalue weighted by Crippen LogP contribution is -2.73. The molecule has 0 aromatic heterocycles. The molecule has 0 amide bonds. The van der Waals surface area contributed by atoms with E-state index < -0.39 is 0 Å². The van der Waals surface area contributed by atoms with Crippen molar-refractivity contribution in [3.05, 3.63) is 0 Å². The first-order valence-electron chi connectivity index (χ1n) is 24.2. The van der Waals surface area contributed by atoms with Gasteiger partial charge in [-0.15, -0.1) is 0 Å². The number of nitrogens with one attached hydrogen (secondary N) is 3. The zero-order valence-electron chi connectivity index (χ0n) is 32.8. The Kier molecular flexibility index (Phi) is 10.9. The van der Waals surface area contributed by atoms with E-state index in [-0.39, 0.29) is 0 Å². The normalized spacial score (nSPS) is 51.5. The predicted octanol–water partition coefficient (Wildman–Crippen LogP) is 10.9. The summed E-state index contributed by atoms with van der Waals surface area (Å²) in [5, 5.41) is 13.0. The van der Waals surface area contributed by atoms with E-state index >= 15 is 0 Å². The van der Waals surface area contributed by atoms with Crippen molar-refractivity contribution in [1.82, 2.24) is 16.0 Å². The highest BCUT2D eigenvalue weighted by molar-refractivity contribution is 5.07. The first-order valence-corrected chi connectivity index (χ1v) is 24.2. The van der Waals surface area contributed by atoms with Gasteiger partial charge in [-0.05, 0) is 180 Å². The Bertz CT molecular complexity index is 1100. The topological polar surface area (TPSA) is 45.3 Å². The first kappa shape index (κ1) is 35.3. The molecule has 3 N–H and O–H groups in total. The van der Waals surface area contributed by atoms with Crippen LogP contribution in [-0.4, -0.2) is 30.7 Å². The summed E-state index contributed by atoms with van der Waals surface area (Å²) in [6.07, 6.45) is 45.9. The number of hydrogen-bond donors (Lipinski definition) is 3. The monoisotopic (exact) mass is 702 g/mol. The highest BCUT2D eigenvalue weighted by atomic mass is 16.5. The lowest BCUT2D eigenvalue weighted by Gasteiger charge is -2.54. The van der Waals surface area contributed by atoms with Crippen molar-refractivity contribution in [3.8, 4) is 0 Å². The highest BCUT2D eigenvalue weighted by Crippen LogP contribution is 2.59. The minimum atomic E-state index is 0.494. The van der Waals surface area contributed by atoms with E-state index in [1.165, 1.54) is 128 Å². The molecule has 10 fully saturated rings. The van der Waals surface area contributed by atoms with Crippen molar-refractivity contribution in [2.24, 2.45) is 76.9 Å². The fraction of sp³-hybridized carbons (Fsp3) is 1.00. The Morgan fingerprint density at radius 1 is 0.275 bits per heavy atom. The van der Waals surface area contributed by atoms with Crippen LogP contribution in [0.4, 0.5) is 0 Å². The molecule has 2 aliphatic heterocycles. The Morgan fingerprint density at radius 2 is 0.765 bits per heavy atom. The molecule has 2 saturated heterocycles. The highest BCUT2D eigenvalue weighted by Gasteiger charge is 2.58. The molecule has 0 radical (unpaired) electrons. The van der Waals surface area contributed by atoms with Crippen molar-refractivity contribution in [3.63, 3.8) is 0 Å². The van der Waals surface area contributed by atoms with Crippen LogP contribution in [0.25, 0.3) is 0 Å². The van der Waals surface area contributed by atoms with Crippen LogP contribution in [0.3, 0.4) is 0 Å². The molecule has 2 heterocycles. The van der Waals surface area contributed by atoms with Crippen molar-refractivity contribution in [2.75, 3.05) is 0 Å². The summed E-state index contributed by atoms with van der Waals surface area (Å²) in [6.45, 7) is 0. The molecule has 13 atom stereocenters. The van der Waals surface area contributed by atoms with Crippen molar-refractivity contribution >= 4 is 0 Å². The predicted molar refractivity (Wildman–Crippen MR) is 209 cm³/mol. The largest absolute Gasteiger partial charge is 0.374 e. The van der Waals surface area contributed by atoms with E-state index in [1.54, 1.807) is 57.8 Å². The van der Waals surface area contributed by atoms with Crippen LogP contribution >= 0.6 is 0 Å². The van der Waals surface area contributed by atoms with Gasteiger partial charge in [0.15, 0.2) is 0 Å². The maximum absolute atomic E-state index is 7.34. The molecule has 288 valence electrons. The van der Waals surface area contributed by atoms with Crippen LogP contribution in [0.15, 0.2) is 0 Å². The summed E-state index contributed by atoms with van der Waals surface area (Å²) in [7, 11) is 0. The third-order valence-electron chi connectivity index (χ3n) is 19.0. The second-order valence-corrected chi connectivity index (χ2v) is 21.3. The van der Waals surface area contributed by atoms with Gasteiger partial charge >= 0.3 is 0 Å². The van der Waals surface area contributed by atoms with Gasteiger partial charge in [-0.3, -0.25) is 16.0 Å². The van der Waals surface area contributed by atoms with Gasteiger partial charge in [0.2, 0.25) is 0 Å². The molecule has 4 heteroatoms. The van der Waals surface area contributed by atoms with Gasteiger partial charge in [-0.25, -0.2) is 0 Å². The molecule has 8 saturated carbocycles. The zero-order chi connectivity index (χ0) is 33.7. The van der Waals surface area contributed by atoms with Crippen LogP contribution in [0, 0.1) is 76.9 Å². The van der Waals surface area contributed by atoms with E-state index in [1.807, 2.05) is 0 Å². The van der Waals surface area contributed by atoms with Gasteiger partial charge in [0, 0.05) is 0 Å². The lowest BCUT2D eigenvalue weighted by atomic mass is 9.56. The minimum Gasteiger partial charge on any atom is -0.374 e. The smallest absolute Gasteiger partial charge is 0.0641 e. The minimum absolute atomic E-state index is 0.494. The van der Waals surface area contributed by atoms with E-state index in [0.29, 0.717) is 30.7 Å². The van der Waals surface area contributed by atoms with Crippen LogP contribution in [0.5, 0.6) is 0 Å². The summed E-state index contributed by atoms with van der Waals surface area (Å²) < 4.78 is 7.34. The van der Waals surface area contributed by atoms with Crippen LogP contribution in [0.1, 0.15) is 186 Å². The maximum Gasteiger partial charge on any atom is 0.0641 e. The molecule has 0 bridgehead atoms. The molecule has 0 aromatic rings. The quantitative estimate of drug-likeness (QED) is 0.267. The number of fused-ring (bicyclic) bond motifs is 6. The van der Waals surface area contributed by atoms with E-state index in [9.17, 15) is 0 Å². The fourth-order valence-corrected chi connectivity index (χ4v) is 16.6. The van der Waals surface area contributed by atoms with E-state index in [4.69, 9.17) is 4.74 Å². The zero-order valence-corrected chi connectivity index (χ0v) is 32.8.